The van der Waals surface area contributed by atoms with Gasteiger partial charge in [0.15, 0.2) is 0 Å². The molecule has 0 bridgehead atoms. The molecule has 3 aromatic rings. The van der Waals surface area contributed by atoms with Crippen LogP contribution in [0.4, 0.5) is 4.39 Å². The monoisotopic (exact) mass is 477 g/mol. The molecule has 9 heteroatoms. The minimum atomic E-state index is -1.17. The van der Waals surface area contributed by atoms with Crippen molar-refractivity contribution in [3.8, 4) is 0 Å². The molecule has 1 aliphatic heterocycles. The van der Waals surface area contributed by atoms with Crippen molar-refractivity contribution in [2.45, 2.75) is 24.8 Å². The molecule has 0 saturated carbocycles. The number of nitrogens with zero attached hydrogens (tertiary/aromatic N) is 1. The molecule has 0 radical (unpaired) electrons. The lowest BCUT2D eigenvalue weighted by atomic mass is 9.86. The standard InChI is InChI=1S/C26H28FN5O3/c27-23-21(9-4-12-30-23)24(34)32-26(10-13-28-14-11-26)25(35)31-16-15-29-22(33)17-19-7-3-6-18-5-1-2-8-20(18)19/h1-9,12,28H,10-11,13-17H2,(H,29,33)(H,31,35)(H,32,34). The van der Waals surface area contributed by atoms with Crippen molar-refractivity contribution >= 4 is 28.5 Å². The van der Waals surface area contributed by atoms with Crippen molar-refractivity contribution in [2.75, 3.05) is 26.2 Å². The Balaban J connectivity index is 1.31. The lowest BCUT2D eigenvalue weighted by Crippen LogP contribution is -2.63. The first kappa shape index (κ1) is 24.3. The van der Waals surface area contributed by atoms with Gasteiger partial charge >= 0.3 is 0 Å². The van der Waals surface area contributed by atoms with Gasteiger partial charge in [0, 0.05) is 19.3 Å². The maximum absolute atomic E-state index is 14.0. The van der Waals surface area contributed by atoms with E-state index in [9.17, 15) is 18.8 Å². The number of fused-ring (bicyclic) bond motifs is 1. The Bertz CT molecular complexity index is 1220. The van der Waals surface area contributed by atoms with Gasteiger partial charge in [-0.25, -0.2) is 4.98 Å². The fourth-order valence-electron chi connectivity index (χ4n) is 4.33. The van der Waals surface area contributed by atoms with E-state index < -0.39 is 17.4 Å². The number of nitrogens with one attached hydrogen (secondary N) is 4. The summed E-state index contributed by atoms with van der Waals surface area (Å²) < 4.78 is 14.0. The van der Waals surface area contributed by atoms with E-state index in [1.807, 2.05) is 42.5 Å². The molecule has 1 saturated heterocycles. The van der Waals surface area contributed by atoms with Crippen LogP contribution in [-0.2, 0) is 16.0 Å². The Morgan fingerprint density at radius 1 is 0.943 bits per heavy atom. The van der Waals surface area contributed by atoms with E-state index in [1.165, 1.54) is 18.3 Å². The van der Waals surface area contributed by atoms with Crippen LogP contribution < -0.4 is 21.3 Å². The number of rotatable bonds is 8. The van der Waals surface area contributed by atoms with E-state index in [0.29, 0.717) is 25.9 Å². The average molecular weight is 478 g/mol. The highest BCUT2D eigenvalue weighted by molar-refractivity contribution is 5.99. The van der Waals surface area contributed by atoms with E-state index in [2.05, 4.69) is 26.3 Å². The van der Waals surface area contributed by atoms with Gasteiger partial charge in [0.1, 0.15) is 5.54 Å². The molecule has 4 N–H and O–H groups in total. The molecule has 8 nitrogen and oxygen atoms in total. The topological polar surface area (TPSA) is 112 Å². The minimum Gasteiger partial charge on any atom is -0.354 e. The van der Waals surface area contributed by atoms with Gasteiger partial charge in [-0.2, -0.15) is 4.39 Å². The first-order valence-corrected chi connectivity index (χ1v) is 11.6. The van der Waals surface area contributed by atoms with Crippen LogP contribution in [0, 0.1) is 5.95 Å². The Labute approximate surface area is 202 Å². The van der Waals surface area contributed by atoms with Crippen molar-refractivity contribution < 1.29 is 18.8 Å². The summed E-state index contributed by atoms with van der Waals surface area (Å²) in [6.07, 6.45) is 2.21. The van der Waals surface area contributed by atoms with Crippen molar-refractivity contribution in [1.82, 2.24) is 26.3 Å². The van der Waals surface area contributed by atoms with Crippen LogP contribution >= 0.6 is 0 Å². The second-order valence-electron chi connectivity index (χ2n) is 8.55. The molecule has 4 rings (SSSR count). The third kappa shape index (κ3) is 5.81. The Morgan fingerprint density at radius 2 is 1.69 bits per heavy atom. The number of piperidine rings is 1. The van der Waals surface area contributed by atoms with Crippen LogP contribution in [0.5, 0.6) is 0 Å². The molecule has 0 unspecified atom stereocenters. The predicted octanol–water partition coefficient (Wildman–Crippen LogP) is 1.70. The van der Waals surface area contributed by atoms with Gasteiger partial charge in [-0.1, -0.05) is 42.5 Å². The van der Waals surface area contributed by atoms with Gasteiger partial charge in [-0.15, -0.1) is 0 Å². The van der Waals surface area contributed by atoms with Crippen LogP contribution in [0.25, 0.3) is 10.8 Å². The van der Waals surface area contributed by atoms with Gasteiger partial charge in [0.25, 0.3) is 5.91 Å². The molecule has 0 atom stereocenters. The largest absolute Gasteiger partial charge is 0.354 e. The fourth-order valence-corrected chi connectivity index (χ4v) is 4.33. The Hall–Kier alpha value is -3.85. The second-order valence-corrected chi connectivity index (χ2v) is 8.55. The van der Waals surface area contributed by atoms with Crippen molar-refractivity contribution in [3.05, 3.63) is 77.9 Å². The van der Waals surface area contributed by atoms with Crippen molar-refractivity contribution in [3.63, 3.8) is 0 Å². The second kappa shape index (κ2) is 11.1. The highest BCUT2D eigenvalue weighted by Gasteiger charge is 2.41. The first-order chi connectivity index (χ1) is 17.0. The van der Waals surface area contributed by atoms with Gasteiger partial charge in [0.2, 0.25) is 17.8 Å². The molecule has 0 spiro atoms. The molecular weight excluding hydrogens is 449 g/mol. The van der Waals surface area contributed by atoms with Gasteiger partial charge < -0.3 is 21.3 Å². The van der Waals surface area contributed by atoms with E-state index in [-0.39, 0.29) is 36.9 Å². The third-order valence-corrected chi connectivity index (χ3v) is 6.21. The number of pyridine rings is 1. The summed E-state index contributed by atoms with van der Waals surface area (Å²) in [6.45, 7) is 1.51. The SMILES string of the molecule is O=C(Cc1cccc2ccccc12)NCCNC(=O)C1(NC(=O)c2cccnc2F)CCNCC1. The quantitative estimate of drug-likeness (QED) is 0.292. The van der Waals surface area contributed by atoms with Crippen molar-refractivity contribution in [1.29, 1.82) is 0 Å². The average Bonchev–Trinajstić information content (AvgIpc) is 2.87. The van der Waals surface area contributed by atoms with Gasteiger partial charge in [-0.05, 0) is 54.4 Å². The summed E-state index contributed by atoms with van der Waals surface area (Å²) in [4.78, 5) is 41.7. The molecule has 35 heavy (non-hydrogen) atoms. The number of hydrogen-bond acceptors (Lipinski definition) is 5. The summed E-state index contributed by atoms with van der Waals surface area (Å²) in [5, 5.41) is 13.6. The number of carbonyl (C=O) groups excluding carboxylic acids is 3. The molecule has 2 heterocycles. The number of halogens is 1. The van der Waals surface area contributed by atoms with Crippen LogP contribution in [0.15, 0.2) is 60.8 Å². The first-order valence-electron chi connectivity index (χ1n) is 11.6. The van der Waals surface area contributed by atoms with E-state index >= 15 is 0 Å². The van der Waals surface area contributed by atoms with Crippen molar-refractivity contribution in [2.24, 2.45) is 0 Å². The zero-order chi connectivity index (χ0) is 24.7. The predicted molar refractivity (Wildman–Crippen MR) is 130 cm³/mol. The highest BCUT2D eigenvalue weighted by atomic mass is 19.1. The summed E-state index contributed by atoms with van der Waals surface area (Å²) in [5.41, 5.74) is -0.444. The normalized spacial score (nSPS) is 14.8. The summed E-state index contributed by atoms with van der Waals surface area (Å²) in [5.74, 6) is -2.08. The molecule has 2 aromatic carbocycles. The number of benzene rings is 2. The zero-order valence-electron chi connectivity index (χ0n) is 19.3. The summed E-state index contributed by atoms with van der Waals surface area (Å²) >= 11 is 0. The fraction of sp³-hybridized carbons (Fsp3) is 0.308. The molecule has 1 aliphatic rings. The van der Waals surface area contributed by atoms with Crippen LogP contribution in [-0.4, -0.2) is 54.4 Å². The number of carbonyl (C=O) groups is 3. The number of aromatic nitrogens is 1. The van der Waals surface area contributed by atoms with Gasteiger partial charge in [-0.3, -0.25) is 14.4 Å². The van der Waals surface area contributed by atoms with Crippen LogP contribution in [0.3, 0.4) is 0 Å². The smallest absolute Gasteiger partial charge is 0.256 e. The number of amides is 3. The zero-order valence-corrected chi connectivity index (χ0v) is 19.3. The van der Waals surface area contributed by atoms with Crippen LogP contribution in [0.2, 0.25) is 0 Å². The van der Waals surface area contributed by atoms with E-state index in [1.54, 1.807) is 0 Å². The molecule has 1 fully saturated rings. The van der Waals surface area contributed by atoms with E-state index in [0.717, 1.165) is 16.3 Å². The Kier molecular flexibility index (Phi) is 7.67. The summed E-state index contributed by atoms with van der Waals surface area (Å²) in [6, 6.07) is 16.5. The maximum atomic E-state index is 14.0. The number of hydrogen-bond donors (Lipinski definition) is 4. The lowest BCUT2D eigenvalue weighted by Gasteiger charge is -2.37. The lowest BCUT2D eigenvalue weighted by molar-refractivity contribution is -0.128. The molecule has 1 aromatic heterocycles. The summed E-state index contributed by atoms with van der Waals surface area (Å²) in [7, 11) is 0. The molecule has 3 amide bonds. The Morgan fingerprint density at radius 3 is 2.49 bits per heavy atom. The molecule has 182 valence electrons. The minimum absolute atomic E-state index is 0.146. The maximum Gasteiger partial charge on any atom is 0.256 e. The molecule has 0 aliphatic carbocycles. The third-order valence-electron chi connectivity index (χ3n) is 6.21. The van der Waals surface area contributed by atoms with E-state index in [4.69, 9.17) is 0 Å². The van der Waals surface area contributed by atoms with Gasteiger partial charge in [0.05, 0.1) is 12.0 Å². The highest BCUT2D eigenvalue weighted by Crippen LogP contribution is 2.21. The van der Waals surface area contributed by atoms with Crippen LogP contribution in [0.1, 0.15) is 28.8 Å². The molecular formula is C26H28FN5O3.